The zero-order valence-corrected chi connectivity index (χ0v) is 21.0. The smallest absolute Gasteiger partial charge is 0.275 e. The van der Waals surface area contributed by atoms with E-state index >= 15 is 0 Å². The maximum atomic E-state index is 13.8. The van der Waals surface area contributed by atoms with Gasteiger partial charge in [0.05, 0.1) is 18.7 Å². The van der Waals surface area contributed by atoms with Crippen molar-refractivity contribution in [1.82, 2.24) is 29.1 Å². The van der Waals surface area contributed by atoms with Crippen molar-refractivity contribution in [2.24, 2.45) is 7.05 Å². The quantitative estimate of drug-likeness (QED) is 0.428. The Bertz CT molecular complexity index is 1450. The first-order valence-electron chi connectivity index (χ1n) is 12.8. The van der Waals surface area contributed by atoms with E-state index in [1.807, 2.05) is 74.9 Å². The van der Waals surface area contributed by atoms with Gasteiger partial charge in [-0.15, -0.1) is 0 Å². The molecular weight excluding hydrogens is 464 g/mol. The van der Waals surface area contributed by atoms with Crippen LogP contribution in [0.25, 0.3) is 0 Å². The van der Waals surface area contributed by atoms with Gasteiger partial charge in [-0.25, -0.2) is 0 Å². The van der Waals surface area contributed by atoms with Gasteiger partial charge in [0, 0.05) is 69.5 Å². The van der Waals surface area contributed by atoms with Crippen molar-refractivity contribution in [2.75, 3.05) is 13.1 Å². The number of amides is 2. The van der Waals surface area contributed by atoms with Crippen LogP contribution in [0, 0.1) is 0 Å². The lowest BCUT2D eigenvalue weighted by Crippen LogP contribution is -2.39. The lowest BCUT2D eigenvalue weighted by Gasteiger charge is -2.30. The average Bonchev–Trinajstić information content (AvgIpc) is 3.51. The summed E-state index contributed by atoms with van der Waals surface area (Å²) in [5.74, 6) is 0.00232. The summed E-state index contributed by atoms with van der Waals surface area (Å²) in [5.41, 5.74) is 6.72. The number of carbonyl (C=O) groups excluding carboxylic acids is 2. The largest absolute Gasteiger partial charge is 0.357 e. The van der Waals surface area contributed by atoms with Gasteiger partial charge in [-0.1, -0.05) is 30.3 Å². The van der Waals surface area contributed by atoms with Crippen LogP contribution in [0.2, 0.25) is 0 Å². The first-order chi connectivity index (χ1) is 18.0. The van der Waals surface area contributed by atoms with E-state index in [4.69, 9.17) is 5.10 Å². The van der Waals surface area contributed by atoms with Gasteiger partial charge in [-0.05, 0) is 41.3 Å². The second kappa shape index (κ2) is 9.69. The maximum Gasteiger partial charge on any atom is 0.275 e. The van der Waals surface area contributed by atoms with E-state index in [0.717, 1.165) is 28.9 Å². The highest BCUT2D eigenvalue weighted by molar-refractivity contribution is 5.94. The van der Waals surface area contributed by atoms with Crippen LogP contribution in [0.5, 0.6) is 0 Å². The zero-order valence-electron chi connectivity index (χ0n) is 21.0. The molecule has 4 aromatic rings. The molecule has 2 amide bonds. The molecule has 5 heterocycles. The van der Waals surface area contributed by atoms with E-state index in [9.17, 15) is 9.59 Å². The summed E-state index contributed by atoms with van der Waals surface area (Å²) in [6.07, 6.45) is 7.54. The second-order valence-corrected chi connectivity index (χ2v) is 9.93. The molecule has 8 nitrogen and oxygen atoms in total. The SMILES string of the molecule is Cn1ccc(CC(=O)N2CCc3c(c(C(=O)N4CCc5ccccc5C4)nn3Cc3ccccn3)C2)c1. The number of rotatable bonds is 5. The average molecular weight is 495 g/mol. The topological polar surface area (TPSA) is 76.3 Å². The van der Waals surface area contributed by atoms with Crippen LogP contribution in [0.4, 0.5) is 0 Å². The van der Waals surface area contributed by atoms with E-state index in [0.29, 0.717) is 51.3 Å². The summed E-state index contributed by atoms with van der Waals surface area (Å²) in [6.45, 7) is 2.74. The predicted molar refractivity (Wildman–Crippen MR) is 139 cm³/mol. The number of aromatic nitrogens is 4. The van der Waals surface area contributed by atoms with E-state index < -0.39 is 0 Å². The van der Waals surface area contributed by atoms with Gasteiger partial charge in [0.15, 0.2) is 5.69 Å². The Morgan fingerprint density at radius 3 is 2.51 bits per heavy atom. The number of pyridine rings is 1. The highest BCUT2D eigenvalue weighted by atomic mass is 16.2. The Morgan fingerprint density at radius 2 is 1.73 bits per heavy atom. The van der Waals surface area contributed by atoms with Crippen LogP contribution in [0.1, 0.15) is 44.1 Å². The lowest BCUT2D eigenvalue weighted by molar-refractivity contribution is -0.131. The molecule has 0 N–H and O–H groups in total. The molecule has 0 saturated carbocycles. The third-order valence-electron chi connectivity index (χ3n) is 7.39. The van der Waals surface area contributed by atoms with E-state index in [1.54, 1.807) is 6.20 Å². The van der Waals surface area contributed by atoms with Crippen LogP contribution in [-0.2, 0) is 50.7 Å². The van der Waals surface area contributed by atoms with Gasteiger partial charge >= 0.3 is 0 Å². The maximum absolute atomic E-state index is 13.8. The number of hydrogen-bond donors (Lipinski definition) is 0. The van der Waals surface area contributed by atoms with Gasteiger partial charge in [0.25, 0.3) is 5.91 Å². The van der Waals surface area contributed by atoms with Crippen LogP contribution in [-0.4, -0.2) is 54.0 Å². The Balaban J connectivity index is 1.29. The molecule has 0 aliphatic carbocycles. The molecule has 0 saturated heterocycles. The molecular formula is C29H30N6O2. The second-order valence-electron chi connectivity index (χ2n) is 9.93. The van der Waals surface area contributed by atoms with Crippen molar-refractivity contribution in [1.29, 1.82) is 0 Å². The Labute approximate surface area is 216 Å². The van der Waals surface area contributed by atoms with Crippen molar-refractivity contribution in [2.45, 2.75) is 38.9 Å². The van der Waals surface area contributed by atoms with Gasteiger partial charge in [-0.3, -0.25) is 19.3 Å². The van der Waals surface area contributed by atoms with E-state index in [1.165, 1.54) is 11.1 Å². The number of nitrogens with zero attached hydrogens (tertiary/aromatic N) is 6. The summed E-state index contributed by atoms with van der Waals surface area (Å²) in [6, 6.07) is 16.1. The summed E-state index contributed by atoms with van der Waals surface area (Å²) >= 11 is 0. The van der Waals surface area contributed by atoms with Crippen LogP contribution >= 0.6 is 0 Å². The normalized spacial score (nSPS) is 14.8. The molecule has 2 aliphatic rings. The van der Waals surface area contributed by atoms with Crippen molar-refractivity contribution < 1.29 is 9.59 Å². The third-order valence-corrected chi connectivity index (χ3v) is 7.39. The summed E-state index contributed by atoms with van der Waals surface area (Å²) in [4.78, 5) is 35.3. The van der Waals surface area contributed by atoms with Crippen molar-refractivity contribution in [3.63, 3.8) is 0 Å². The Hall–Kier alpha value is -4.20. The molecule has 0 fully saturated rings. The van der Waals surface area contributed by atoms with Gasteiger partial charge in [-0.2, -0.15) is 5.10 Å². The first-order valence-corrected chi connectivity index (χ1v) is 12.8. The van der Waals surface area contributed by atoms with Gasteiger partial charge < -0.3 is 14.4 Å². The Kier molecular flexibility index (Phi) is 6.08. The molecule has 188 valence electrons. The summed E-state index contributed by atoms with van der Waals surface area (Å²) in [7, 11) is 1.95. The molecule has 37 heavy (non-hydrogen) atoms. The summed E-state index contributed by atoms with van der Waals surface area (Å²) in [5, 5.41) is 4.84. The molecule has 0 atom stereocenters. The molecule has 1 aromatic carbocycles. The van der Waals surface area contributed by atoms with Crippen molar-refractivity contribution in [3.05, 3.63) is 106 Å². The molecule has 3 aromatic heterocycles. The first kappa shape index (κ1) is 23.2. The minimum Gasteiger partial charge on any atom is -0.357 e. The van der Waals surface area contributed by atoms with Crippen LogP contribution in [0.15, 0.2) is 67.1 Å². The summed E-state index contributed by atoms with van der Waals surface area (Å²) < 4.78 is 3.87. The third kappa shape index (κ3) is 4.67. The minimum atomic E-state index is -0.0668. The zero-order chi connectivity index (χ0) is 25.4. The molecule has 0 bridgehead atoms. The monoisotopic (exact) mass is 494 g/mol. The fraction of sp³-hybridized carbons (Fsp3) is 0.310. The van der Waals surface area contributed by atoms with Crippen LogP contribution < -0.4 is 0 Å². The van der Waals surface area contributed by atoms with Crippen LogP contribution in [0.3, 0.4) is 0 Å². The molecule has 6 rings (SSSR count). The lowest BCUT2D eigenvalue weighted by atomic mass is 9.98. The molecule has 8 heteroatoms. The Morgan fingerprint density at radius 1 is 0.919 bits per heavy atom. The molecule has 0 unspecified atom stereocenters. The van der Waals surface area contributed by atoms with E-state index in [2.05, 4.69) is 17.1 Å². The number of carbonyl (C=O) groups is 2. The van der Waals surface area contributed by atoms with Crippen molar-refractivity contribution >= 4 is 11.8 Å². The predicted octanol–water partition coefficient (Wildman–Crippen LogP) is 2.99. The number of fused-ring (bicyclic) bond motifs is 2. The number of aryl methyl sites for hydroxylation is 1. The molecule has 2 aliphatic heterocycles. The van der Waals surface area contributed by atoms with E-state index in [-0.39, 0.29) is 11.8 Å². The molecule has 0 radical (unpaired) electrons. The molecule has 0 spiro atoms. The fourth-order valence-electron chi connectivity index (χ4n) is 5.42. The minimum absolute atomic E-state index is 0.0668. The van der Waals surface area contributed by atoms with Gasteiger partial charge in [0.1, 0.15) is 0 Å². The van der Waals surface area contributed by atoms with Crippen molar-refractivity contribution in [3.8, 4) is 0 Å². The fourth-order valence-corrected chi connectivity index (χ4v) is 5.42. The van der Waals surface area contributed by atoms with Gasteiger partial charge in [0.2, 0.25) is 5.91 Å². The highest BCUT2D eigenvalue weighted by Gasteiger charge is 2.33. The standard InChI is InChI=1S/C29H30N6O2/c1-32-13-9-21(17-32)16-27(36)33-15-11-26-25(20-33)28(31-35(26)19-24-8-4-5-12-30-24)29(37)34-14-10-22-6-2-3-7-23(22)18-34/h2-9,12-13,17H,10-11,14-16,18-20H2,1H3. The number of hydrogen-bond acceptors (Lipinski definition) is 4. The highest BCUT2D eigenvalue weighted by Crippen LogP contribution is 2.27. The number of benzene rings is 1.